The summed E-state index contributed by atoms with van der Waals surface area (Å²) in [6.07, 6.45) is 4.84. The number of hydrogen-bond donors (Lipinski definition) is 1. The summed E-state index contributed by atoms with van der Waals surface area (Å²) in [4.78, 5) is 2.47. The predicted octanol–water partition coefficient (Wildman–Crippen LogP) is 0.870. The molecule has 82 valence electrons. The molecule has 1 N–H and O–H groups in total. The molecule has 0 aliphatic carbocycles. The molecule has 2 aliphatic heterocycles. The highest BCUT2D eigenvalue weighted by Gasteiger charge is 2.26. The van der Waals surface area contributed by atoms with Gasteiger partial charge >= 0.3 is 0 Å². The molecule has 0 amide bonds. The highest BCUT2D eigenvalue weighted by atomic mass is 16.5. The van der Waals surface area contributed by atoms with Gasteiger partial charge in [0.15, 0.2) is 0 Å². The number of hydrogen-bond acceptors (Lipinski definition) is 3. The fourth-order valence-electron chi connectivity index (χ4n) is 2.60. The van der Waals surface area contributed by atoms with Crippen LogP contribution < -0.4 is 0 Å². The Bertz CT molecular complexity index is 169. The zero-order chi connectivity index (χ0) is 9.80. The number of likely N-dealkylation sites (tertiary alicyclic amines) is 1. The standard InChI is InChI=1S/C11H21NO2/c13-9-11-2-1-5-12(11)8-10-3-6-14-7-4-10/h10-11,13H,1-9H2/t11-/m1/s1. The van der Waals surface area contributed by atoms with Gasteiger partial charge in [0.2, 0.25) is 0 Å². The molecule has 2 rings (SSSR count). The second kappa shape index (κ2) is 5.10. The Hall–Kier alpha value is -0.120. The molecular formula is C11H21NO2. The summed E-state index contributed by atoms with van der Waals surface area (Å²) >= 11 is 0. The summed E-state index contributed by atoms with van der Waals surface area (Å²) in [7, 11) is 0. The first-order chi connectivity index (χ1) is 6.90. The molecule has 2 fully saturated rings. The van der Waals surface area contributed by atoms with Gasteiger partial charge in [-0.3, -0.25) is 4.90 Å². The van der Waals surface area contributed by atoms with E-state index in [9.17, 15) is 5.11 Å². The molecule has 1 atom stereocenters. The zero-order valence-electron chi connectivity index (χ0n) is 8.82. The van der Waals surface area contributed by atoms with Crippen LogP contribution in [0.5, 0.6) is 0 Å². The van der Waals surface area contributed by atoms with E-state index in [2.05, 4.69) is 4.90 Å². The van der Waals surface area contributed by atoms with Crippen LogP contribution in [0.15, 0.2) is 0 Å². The van der Waals surface area contributed by atoms with Crippen LogP contribution in [0.1, 0.15) is 25.7 Å². The van der Waals surface area contributed by atoms with Crippen molar-refractivity contribution in [2.24, 2.45) is 5.92 Å². The molecule has 0 aromatic carbocycles. The smallest absolute Gasteiger partial charge is 0.0586 e. The minimum Gasteiger partial charge on any atom is -0.395 e. The van der Waals surface area contributed by atoms with Gasteiger partial charge in [0, 0.05) is 25.8 Å². The Kier molecular flexibility index (Phi) is 3.79. The first kappa shape index (κ1) is 10.4. The van der Waals surface area contributed by atoms with Gasteiger partial charge < -0.3 is 9.84 Å². The Morgan fingerprint density at radius 3 is 2.71 bits per heavy atom. The van der Waals surface area contributed by atoms with E-state index in [-0.39, 0.29) is 0 Å². The zero-order valence-corrected chi connectivity index (χ0v) is 8.82. The summed E-state index contributed by atoms with van der Waals surface area (Å²) < 4.78 is 5.35. The van der Waals surface area contributed by atoms with E-state index >= 15 is 0 Å². The van der Waals surface area contributed by atoms with E-state index in [1.54, 1.807) is 0 Å². The molecular weight excluding hydrogens is 178 g/mol. The molecule has 0 unspecified atom stereocenters. The van der Waals surface area contributed by atoms with Gasteiger partial charge in [-0.25, -0.2) is 0 Å². The largest absolute Gasteiger partial charge is 0.395 e. The number of ether oxygens (including phenoxy) is 1. The predicted molar refractivity (Wildman–Crippen MR) is 55.2 cm³/mol. The van der Waals surface area contributed by atoms with E-state index in [4.69, 9.17) is 4.74 Å². The number of nitrogens with zero attached hydrogens (tertiary/aromatic N) is 1. The number of aliphatic hydroxyl groups is 1. The van der Waals surface area contributed by atoms with Crippen LogP contribution in [0.25, 0.3) is 0 Å². The highest BCUT2D eigenvalue weighted by Crippen LogP contribution is 2.22. The van der Waals surface area contributed by atoms with E-state index < -0.39 is 0 Å². The monoisotopic (exact) mass is 199 g/mol. The minimum absolute atomic E-state index is 0.337. The lowest BCUT2D eigenvalue weighted by Crippen LogP contribution is -2.37. The maximum atomic E-state index is 9.20. The quantitative estimate of drug-likeness (QED) is 0.732. The first-order valence-corrected chi connectivity index (χ1v) is 5.83. The second-order valence-electron chi connectivity index (χ2n) is 4.53. The van der Waals surface area contributed by atoms with Crippen molar-refractivity contribution in [2.75, 3.05) is 32.9 Å². The second-order valence-corrected chi connectivity index (χ2v) is 4.53. The summed E-state index contributed by atoms with van der Waals surface area (Å²) in [5, 5.41) is 9.20. The lowest BCUT2D eigenvalue weighted by atomic mass is 9.99. The third-order valence-electron chi connectivity index (χ3n) is 3.54. The van der Waals surface area contributed by atoms with Crippen LogP contribution >= 0.6 is 0 Å². The summed E-state index contributed by atoms with van der Waals surface area (Å²) in [5.41, 5.74) is 0. The average molecular weight is 199 g/mol. The van der Waals surface area contributed by atoms with Gasteiger partial charge in [-0.15, -0.1) is 0 Å². The summed E-state index contributed by atoms with van der Waals surface area (Å²) in [6.45, 7) is 4.56. The molecule has 0 spiro atoms. The van der Waals surface area contributed by atoms with Crippen molar-refractivity contribution in [3.63, 3.8) is 0 Å². The third kappa shape index (κ3) is 2.47. The molecule has 3 nitrogen and oxygen atoms in total. The summed E-state index contributed by atoms with van der Waals surface area (Å²) in [6, 6.07) is 0.442. The molecule has 0 radical (unpaired) electrons. The fraction of sp³-hybridized carbons (Fsp3) is 1.00. The van der Waals surface area contributed by atoms with Crippen molar-refractivity contribution in [2.45, 2.75) is 31.7 Å². The van der Waals surface area contributed by atoms with Crippen LogP contribution in [0.4, 0.5) is 0 Å². The van der Waals surface area contributed by atoms with Gasteiger partial charge in [0.25, 0.3) is 0 Å². The lowest BCUT2D eigenvalue weighted by molar-refractivity contribution is 0.0460. The first-order valence-electron chi connectivity index (χ1n) is 5.83. The van der Waals surface area contributed by atoms with Crippen LogP contribution in [-0.4, -0.2) is 49.0 Å². The van der Waals surface area contributed by atoms with Crippen LogP contribution in [0.3, 0.4) is 0 Å². The maximum absolute atomic E-state index is 9.20. The van der Waals surface area contributed by atoms with E-state index in [1.165, 1.54) is 38.8 Å². The van der Waals surface area contributed by atoms with Crippen molar-refractivity contribution >= 4 is 0 Å². The van der Waals surface area contributed by atoms with Crippen molar-refractivity contribution in [3.8, 4) is 0 Å². The van der Waals surface area contributed by atoms with Crippen molar-refractivity contribution < 1.29 is 9.84 Å². The van der Waals surface area contributed by atoms with Crippen molar-refractivity contribution in [3.05, 3.63) is 0 Å². The summed E-state index contributed by atoms with van der Waals surface area (Å²) in [5.74, 6) is 0.802. The molecule has 2 saturated heterocycles. The van der Waals surface area contributed by atoms with Gasteiger partial charge in [0.1, 0.15) is 0 Å². The molecule has 0 saturated carbocycles. The van der Waals surface area contributed by atoms with E-state index in [0.29, 0.717) is 12.6 Å². The highest BCUT2D eigenvalue weighted by molar-refractivity contribution is 4.80. The Morgan fingerprint density at radius 1 is 1.21 bits per heavy atom. The van der Waals surface area contributed by atoms with Crippen molar-refractivity contribution in [1.82, 2.24) is 4.90 Å². The Morgan fingerprint density at radius 2 is 2.00 bits per heavy atom. The Balaban J connectivity index is 1.77. The van der Waals surface area contributed by atoms with Gasteiger partial charge in [-0.05, 0) is 38.1 Å². The Labute approximate surface area is 86.0 Å². The lowest BCUT2D eigenvalue weighted by Gasteiger charge is -2.30. The normalized spacial score (nSPS) is 31.1. The van der Waals surface area contributed by atoms with Crippen LogP contribution in [0, 0.1) is 5.92 Å². The van der Waals surface area contributed by atoms with Gasteiger partial charge in [0.05, 0.1) is 6.61 Å². The van der Waals surface area contributed by atoms with Crippen molar-refractivity contribution in [1.29, 1.82) is 0 Å². The van der Waals surface area contributed by atoms with Gasteiger partial charge in [-0.1, -0.05) is 0 Å². The molecule has 0 aromatic heterocycles. The van der Waals surface area contributed by atoms with E-state index in [1.807, 2.05) is 0 Å². The molecule has 2 heterocycles. The average Bonchev–Trinajstić information content (AvgIpc) is 2.67. The number of aliphatic hydroxyl groups excluding tert-OH is 1. The maximum Gasteiger partial charge on any atom is 0.0586 e. The van der Waals surface area contributed by atoms with Gasteiger partial charge in [-0.2, -0.15) is 0 Å². The molecule has 0 bridgehead atoms. The molecule has 14 heavy (non-hydrogen) atoms. The number of rotatable bonds is 3. The molecule has 3 heteroatoms. The minimum atomic E-state index is 0.337. The third-order valence-corrected chi connectivity index (χ3v) is 3.54. The van der Waals surface area contributed by atoms with Crippen LogP contribution in [0.2, 0.25) is 0 Å². The van der Waals surface area contributed by atoms with Crippen LogP contribution in [-0.2, 0) is 4.74 Å². The fourth-order valence-corrected chi connectivity index (χ4v) is 2.60. The topological polar surface area (TPSA) is 32.7 Å². The molecule has 2 aliphatic rings. The molecule has 0 aromatic rings. The SMILES string of the molecule is OC[C@H]1CCCN1CC1CCOCC1. The van der Waals surface area contributed by atoms with E-state index in [0.717, 1.165) is 19.1 Å².